The first kappa shape index (κ1) is 21.8. The largest absolute Gasteiger partial charge is 0.492 e. The molecule has 4 N–H and O–H groups in total. The van der Waals surface area contributed by atoms with Crippen molar-refractivity contribution in [1.82, 2.24) is 0 Å². The molecule has 26 heavy (non-hydrogen) atoms. The molecule has 0 aliphatic rings. The highest BCUT2D eigenvalue weighted by Crippen LogP contribution is 2.17. The number of aliphatic imine (C=N–C) groups is 1. The smallest absolute Gasteiger partial charge is 0.221 e. The third-order valence-electron chi connectivity index (χ3n) is 3.29. The number of ether oxygens (including phenoxy) is 1. The zero-order chi connectivity index (χ0) is 18.2. The van der Waals surface area contributed by atoms with Crippen molar-refractivity contribution in [3.63, 3.8) is 0 Å². The van der Waals surface area contributed by atoms with Gasteiger partial charge in [-0.1, -0.05) is 12.1 Å². The van der Waals surface area contributed by atoms with Gasteiger partial charge < -0.3 is 21.1 Å². The highest BCUT2D eigenvalue weighted by atomic mass is 127. The molecule has 0 aromatic heterocycles. The summed E-state index contributed by atoms with van der Waals surface area (Å²) in [6, 6.07) is 13.3. The molecule has 6 nitrogen and oxygen atoms in total. The van der Waals surface area contributed by atoms with Crippen LogP contribution in [0.2, 0.25) is 0 Å². The fourth-order valence-corrected chi connectivity index (χ4v) is 2.43. The average molecular weight is 468 g/mol. The number of aryl methyl sites for hydroxylation is 2. The Morgan fingerprint density at radius 1 is 1.08 bits per heavy atom. The molecule has 140 valence electrons. The van der Waals surface area contributed by atoms with E-state index in [1.807, 2.05) is 38.1 Å². The Hall–Kier alpha value is -2.29. The van der Waals surface area contributed by atoms with Crippen LogP contribution in [-0.4, -0.2) is 25.0 Å². The first-order chi connectivity index (χ1) is 11.9. The van der Waals surface area contributed by atoms with E-state index in [1.54, 1.807) is 12.1 Å². The molecule has 2 aromatic rings. The zero-order valence-corrected chi connectivity index (χ0v) is 17.5. The highest BCUT2D eigenvalue weighted by molar-refractivity contribution is 14.0. The maximum Gasteiger partial charge on any atom is 0.221 e. The lowest BCUT2D eigenvalue weighted by molar-refractivity contribution is -0.114. The van der Waals surface area contributed by atoms with Crippen molar-refractivity contribution in [3.05, 3.63) is 53.6 Å². The lowest BCUT2D eigenvalue weighted by atomic mass is 10.1. The van der Waals surface area contributed by atoms with Gasteiger partial charge in [-0.15, -0.1) is 24.0 Å². The van der Waals surface area contributed by atoms with E-state index in [2.05, 4.69) is 21.7 Å². The maximum atomic E-state index is 11.1. The number of rotatable bonds is 6. The molecule has 0 unspecified atom stereocenters. The van der Waals surface area contributed by atoms with Crippen LogP contribution >= 0.6 is 24.0 Å². The van der Waals surface area contributed by atoms with Crippen LogP contribution in [0.3, 0.4) is 0 Å². The van der Waals surface area contributed by atoms with E-state index in [-0.39, 0.29) is 29.9 Å². The molecule has 0 bridgehead atoms. The molecule has 0 aliphatic heterocycles. The number of nitrogens with one attached hydrogen (secondary N) is 2. The standard InChI is InChI=1S/C19H24N4O2.HI/c1-13-9-14(2)11-17(10-13)23-19(20)21-7-8-25-18-6-4-5-16(12-18)22-15(3)24;/h4-6,9-12H,7-8H2,1-3H3,(H,22,24)(H3,20,21,23);1H. The van der Waals surface area contributed by atoms with Crippen LogP contribution in [0.4, 0.5) is 11.4 Å². The molecular formula is C19H25IN4O2. The van der Waals surface area contributed by atoms with Gasteiger partial charge in [0, 0.05) is 24.4 Å². The SMILES string of the molecule is CC(=O)Nc1cccc(OCCN=C(N)Nc2cc(C)cc(C)c2)c1.I. The van der Waals surface area contributed by atoms with Crippen molar-refractivity contribution < 1.29 is 9.53 Å². The Balaban J connectivity index is 0.00000338. The van der Waals surface area contributed by atoms with E-state index in [0.29, 0.717) is 30.5 Å². The van der Waals surface area contributed by atoms with Gasteiger partial charge in [0.05, 0.1) is 6.54 Å². The summed E-state index contributed by atoms with van der Waals surface area (Å²) in [5.74, 6) is 0.898. The lowest BCUT2D eigenvalue weighted by Gasteiger charge is -2.09. The van der Waals surface area contributed by atoms with Crippen molar-refractivity contribution in [2.24, 2.45) is 10.7 Å². The highest BCUT2D eigenvalue weighted by Gasteiger charge is 2.00. The third-order valence-corrected chi connectivity index (χ3v) is 3.29. The normalized spacial score (nSPS) is 10.7. The number of anilines is 2. The fraction of sp³-hybridized carbons (Fsp3) is 0.263. The second-order valence-electron chi connectivity index (χ2n) is 5.83. The number of guanidine groups is 1. The molecule has 0 spiro atoms. The van der Waals surface area contributed by atoms with Crippen LogP contribution in [-0.2, 0) is 4.79 Å². The molecule has 0 atom stereocenters. The summed E-state index contributed by atoms with van der Waals surface area (Å²) in [4.78, 5) is 15.3. The van der Waals surface area contributed by atoms with Crippen LogP contribution in [0.1, 0.15) is 18.1 Å². The number of amides is 1. The monoisotopic (exact) mass is 468 g/mol. The number of carbonyl (C=O) groups excluding carboxylic acids is 1. The second-order valence-corrected chi connectivity index (χ2v) is 5.83. The zero-order valence-electron chi connectivity index (χ0n) is 15.2. The van der Waals surface area contributed by atoms with E-state index in [9.17, 15) is 4.79 Å². The molecule has 2 aromatic carbocycles. The topological polar surface area (TPSA) is 88.7 Å². The van der Waals surface area contributed by atoms with Gasteiger partial charge in [0.1, 0.15) is 12.4 Å². The van der Waals surface area contributed by atoms with Crippen molar-refractivity contribution >= 4 is 47.2 Å². The molecule has 0 heterocycles. The van der Waals surface area contributed by atoms with Crippen molar-refractivity contribution in [3.8, 4) is 5.75 Å². The molecule has 0 radical (unpaired) electrons. The number of benzene rings is 2. The van der Waals surface area contributed by atoms with Gasteiger partial charge in [0.15, 0.2) is 5.96 Å². The number of hydrogen-bond donors (Lipinski definition) is 3. The lowest BCUT2D eigenvalue weighted by Crippen LogP contribution is -2.23. The van der Waals surface area contributed by atoms with Crippen molar-refractivity contribution in [2.75, 3.05) is 23.8 Å². The second kappa shape index (κ2) is 10.6. The minimum atomic E-state index is -0.119. The van der Waals surface area contributed by atoms with Crippen LogP contribution in [0.25, 0.3) is 0 Å². The Morgan fingerprint density at radius 3 is 2.42 bits per heavy atom. The number of hydrogen-bond acceptors (Lipinski definition) is 3. The van der Waals surface area contributed by atoms with Gasteiger partial charge >= 0.3 is 0 Å². The molecule has 7 heteroatoms. The van der Waals surface area contributed by atoms with Crippen molar-refractivity contribution in [2.45, 2.75) is 20.8 Å². The first-order valence-corrected chi connectivity index (χ1v) is 8.08. The first-order valence-electron chi connectivity index (χ1n) is 8.08. The predicted octanol–water partition coefficient (Wildman–Crippen LogP) is 3.69. The molecule has 2 rings (SSSR count). The number of halogens is 1. The van der Waals surface area contributed by atoms with Gasteiger partial charge in [-0.05, 0) is 49.2 Å². The van der Waals surface area contributed by atoms with Crippen LogP contribution < -0.4 is 21.1 Å². The van der Waals surface area contributed by atoms with Gasteiger partial charge in [0.2, 0.25) is 5.91 Å². The summed E-state index contributed by atoms with van der Waals surface area (Å²) in [6.07, 6.45) is 0. The van der Waals surface area contributed by atoms with Crippen LogP contribution in [0.15, 0.2) is 47.5 Å². The van der Waals surface area contributed by atoms with Gasteiger partial charge in [0.25, 0.3) is 0 Å². The molecule has 0 saturated carbocycles. The predicted molar refractivity (Wildman–Crippen MR) is 118 cm³/mol. The van der Waals surface area contributed by atoms with Crippen LogP contribution in [0.5, 0.6) is 5.75 Å². The van der Waals surface area contributed by atoms with Gasteiger partial charge in [-0.2, -0.15) is 0 Å². The molecule has 0 saturated heterocycles. The number of carbonyl (C=O) groups is 1. The number of nitrogens with two attached hydrogens (primary N) is 1. The number of nitrogens with zero attached hydrogens (tertiary/aromatic N) is 1. The van der Waals surface area contributed by atoms with E-state index in [1.165, 1.54) is 6.92 Å². The summed E-state index contributed by atoms with van der Waals surface area (Å²) in [6.45, 7) is 6.35. The van der Waals surface area contributed by atoms with E-state index < -0.39 is 0 Å². The van der Waals surface area contributed by atoms with E-state index in [0.717, 1.165) is 16.8 Å². The Labute approximate surface area is 171 Å². The van der Waals surface area contributed by atoms with Gasteiger partial charge in [-0.25, -0.2) is 4.99 Å². The van der Waals surface area contributed by atoms with Gasteiger partial charge in [-0.3, -0.25) is 4.79 Å². The molecule has 0 fully saturated rings. The van der Waals surface area contributed by atoms with E-state index >= 15 is 0 Å². The average Bonchev–Trinajstić information content (AvgIpc) is 2.50. The fourth-order valence-electron chi connectivity index (χ4n) is 2.43. The molecular weight excluding hydrogens is 443 g/mol. The third kappa shape index (κ3) is 7.73. The van der Waals surface area contributed by atoms with Crippen molar-refractivity contribution in [1.29, 1.82) is 0 Å². The maximum absolute atomic E-state index is 11.1. The Bertz CT molecular complexity index is 758. The minimum absolute atomic E-state index is 0. The van der Waals surface area contributed by atoms with Crippen LogP contribution in [0, 0.1) is 13.8 Å². The summed E-state index contributed by atoms with van der Waals surface area (Å²) in [7, 11) is 0. The quantitative estimate of drug-likeness (QED) is 0.261. The summed E-state index contributed by atoms with van der Waals surface area (Å²) >= 11 is 0. The summed E-state index contributed by atoms with van der Waals surface area (Å²) in [5, 5.41) is 5.79. The van der Waals surface area contributed by atoms with E-state index in [4.69, 9.17) is 10.5 Å². The summed E-state index contributed by atoms with van der Waals surface area (Å²) in [5.41, 5.74) is 9.85. The summed E-state index contributed by atoms with van der Waals surface area (Å²) < 4.78 is 5.63. The minimum Gasteiger partial charge on any atom is -0.492 e. The Morgan fingerprint density at radius 2 is 1.77 bits per heavy atom. The molecule has 1 amide bonds. The Kier molecular flexibility index (Phi) is 8.91. The molecule has 0 aliphatic carbocycles.